The minimum atomic E-state index is 0.610. The minimum absolute atomic E-state index is 0.610. The summed E-state index contributed by atoms with van der Waals surface area (Å²) in [5, 5.41) is 8.67. The number of nitrogens with two attached hydrogens (primary N) is 1. The van der Waals surface area contributed by atoms with Gasteiger partial charge >= 0.3 is 0 Å². The van der Waals surface area contributed by atoms with Crippen LogP contribution < -0.4 is 5.84 Å². The van der Waals surface area contributed by atoms with Crippen molar-refractivity contribution < 1.29 is 4.52 Å². The monoisotopic (exact) mass is 311 g/mol. The van der Waals surface area contributed by atoms with Crippen LogP contribution in [0.15, 0.2) is 70.5 Å². The summed E-state index contributed by atoms with van der Waals surface area (Å²) in [5.41, 5.74) is 4.20. The molecule has 0 aliphatic carbocycles. The summed E-state index contributed by atoms with van der Waals surface area (Å²) in [7, 11) is 0. The molecule has 0 radical (unpaired) electrons. The van der Waals surface area contributed by atoms with Crippen molar-refractivity contribution in [1.29, 1.82) is 0 Å². The molecule has 0 aliphatic heterocycles. The van der Waals surface area contributed by atoms with E-state index in [-0.39, 0.29) is 0 Å². The zero-order chi connectivity index (χ0) is 15.4. The summed E-state index contributed by atoms with van der Waals surface area (Å²) in [6.07, 6.45) is 2.29. The quantitative estimate of drug-likeness (QED) is 0.454. The molecule has 0 spiro atoms. The molecule has 4 nitrogen and oxygen atoms in total. The van der Waals surface area contributed by atoms with Crippen molar-refractivity contribution >= 4 is 17.3 Å². The van der Waals surface area contributed by atoms with Gasteiger partial charge < -0.3 is 10.4 Å². The number of hydrogen-bond donors (Lipinski definition) is 1. The van der Waals surface area contributed by atoms with Gasteiger partial charge in [-0.2, -0.15) is 5.10 Å². The fourth-order valence-corrected chi connectivity index (χ4v) is 2.39. The molecular weight excluding hydrogens is 298 g/mol. The van der Waals surface area contributed by atoms with E-state index in [1.165, 1.54) is 0 Å². The van der Waals surface area contributed by atoms with Crippen molar-refractivity contribution in [2.45, 2.75) is 6.42 Å². The van der Waals surface area contributed by atoms with Gasteiger partial charge in [0.25, 0.3) is 0 Å². The lowest BCUT2D eigenvalue weighted by molar-refractivity contribution is 0.418. The maximum Gasteiger partial charge on any atom is 0.138 e. The summed E-state index contributed by atoms with van der Waals surface area (Å²) in [6.45, 7) is 0. The van der Waals surface area contributed by atoms with Gasteiger partial charge in [0, 0.05) is 22.6 Å². The van der Waals surface area contributed by atoms with Gasteiger partial charge in [0.05, 0.1) is 0 Å². The van der Waals surface area contributed by atoms with Gasteiger partial charge in [-0.3, -0.25) is 0 Å². The number of halogens is 1. The Hall–Kier alpha value is -2.59. The highest BCUT2D eigenvalue weighted by Gasteiger charge is 2.16. The minimum Gasteiger partial charge on any atom is -0.364 e. The number of rotatable bonds is 4. The largest absolute Gasteiger partial charge is 0.364 e. The second-order valence-corrected chi connectivity index (χ2v) is 5.27. The zero-order valence-electron chi connectivity index (χ0n) is 11.7. The summed E-state index contributed by atoms with van der Waals surface area (Å²) >= 11 is 5.91. The van der Waals surface area contributed by atoms with E-state index in [1.54, 1.807) is 6.26 Å². The summed E-state index contributed by atoms with van der Waals surface area (Å²) in [4.78, 5) is 0. The van der Waals surface area contributed by atoms with Crippen molar-refractivity contribution in [3.05, 3.63) is 88.3 Å². The van der Waals surface area contributed by atoms with Gasteiger partial charge in [-0.1, -0.05) is 59.2 Å². The number of hydrazone groups is 1. The molecule has 0 saturated heterocycles. The molecule has 0 aliphatic rings. The lowest BCUT2D eigenvalue weighted by atomic mass is 10.00. The number of benzene rings is 2. The lowest BCUT2D eigenvalue weighted by Crippen LogP contribution is -2.09. The molecule has 0 amide bonds. The Balaban J connectivity index is 1.93. The summed E-state index contributed by atoms with van der Waals surface area (Å²) < 4.78 is 5.13. The van der Waals surface area contributed by atoms with Gasteiger partial charge in [-0.05, 0) is 17.7 Å². The molecule has 2 N–H and O–H groups in total. The number of aromatic nitrogens is 1. The van der Waals surface area contributed by atoms with Gasteiger partial charge in [-0.15, -0.1) is 0 Å². The third-order valence-electron chi connectivity index (χ3n) is 3.35. The molecule has 1 heterocycles. The third kappa shape index (κ3) is 3.02. The van der Waals surface area contributed by atoms with E-state index in [4.69, 9.17) is 22.0 Å². The van der Waals surface area contributed by atoms with E-state index >= 15 is 0 Å². The Morgan fingerprint density at radius 2 is 1.82 bits per heavy atom. The first-order chi connectivity index (χ1) is 10.8. The zero-order valence-corrected chi connectivity index (χ0v) is 12.5. The van der Waals surface area contributed by atoms with E-state index in [0.717, 1.165) is 16.7 Å². The van der Waals surface area contributed by atoms with Crippen LogP contribution in [0.3, 0.4) is 0 Å². The van der Waals surface area contributed by atoms with Crippen molar-refractivity contribution in [3.8, 4) is 0 Å². The fourth-order valence-electron chi connectivity index (χ4n) is 2.27. The van der Waals surface area contributed by atoms with Crippen LogP contribution in [0.2, 0.25) is 5.02 Å². The van der Waals surface area contributed by atoms with E-state index in [0.29, 0.717) is 22.8 Å². The molecule has 0 atom stereocenters. The molecule has 1 aromatic heterocycles. The fraction of sp³-hybridized carbons (Fsp3) is 0.0588. The Morgan fingerprint density at radius 1 is 1.09 bits per heavy atom. The second kappa shape index (κ2) is 6.45. The van der Waals surface area contributed by atoms with E-state index in [1.807, 2.05) is 54.6 Å². The maximum absolute atomic E-state index is 5.91. The normalized spacial score (nSPS) is 11.6. The van der Waals surface area contributed by atoms with Crippen LogP contribution >= 0.6 is 11.6 Å². The molecule has 3 rings (SSSR count). The molecule has 2 aromatic carbocycles. The van der Waals surface area contributed by atoms with Gasteiger partial charge in [-0.25, -0.2) is 0 Å². The predicted molar refractivity (Wildman–Crippen MR) is 87.0 cm³/mol. The summed E-state index contributed by atoms with van der Waals surface area (Å²) in [5.74, 6) is 5.57. The Labute approximate surface area is 133 Å². The van der Waals surface area contributed by atoms with Crippen LogP contribution in [0.4, 0.5) is 0 Å². The van der Waals surface area contributed by atoms with Crippen molar-refractivity contribution in [3.63, 3.8) is 0 Å². The van der Waals surface area contributed by atoms with Crippen LogP contribution in [-0.2, 0) is 6.42 Å². The molecule has 110 valence electrons. The Morgan fingerprint density at radius 3 is 2.50 bits per heavy atom. The van der Waals surface area contributed by atoms with Crippen molar-refractivity contribution in [2.75, 3.05) is 0 Å². The van der Waals surface area contributed by atoms with Crippen LogP contribution in [0.1, 0.15) is 22.4 Å². The average Bonchev–Trinajstić information content (AvgIpc) is 3.00. The lowest BCUT2D eigenvalue weighted by Gasteiger charge is -2.05. The maximum atomic E-state index is 5.91. The first-order valence-electron chi connectivity index (χ1n) is 6.79. The van der Waals surface area contributed by atoms with Crippen LogP contribution in [-0.4, -0.2) is 10.9 Å². The van der Waals surface area contributed by atoms with Gasteiger partial charge in [0.1, 0.15) is 17.7 Å². The number of hydrogen-bond acceptors (Lipinski definition) is 4. The topological polar surface area (TPSA) is 64.4 Å². The summed E-state index contributed by atoms with van der Waals surface area (Å²) in [6, 6.07) is 17.3. The van der Waals surface area contributed by atoms with E-state index < -0.39 is 0 Å². The highest BCUT2D eigenvalue weighted by Crippen LogP contribution is 2.19. The molecule has 0 saturated carbocycles. The first-order valence-corrected chi connectivity index (χ1v) is 7.17. The van der Waals surface area contributed by atoms with E-state index in [2.05, 4.69) is 10.3 Å². The average molecular weight is 312 g/mol. The van der Waals surface area contributed by atoms with Gasteiger partial charge in [0.15, 0.2) is 0 Å². The Kier molecular flexibility index (Phi) is 4.21. The van der Waals surface area contributed by atoms with Crippen LogP contribution in [0, 0.1) is 0 Å². The molecule has 5 heteroatoms. The molecule has 0 fully saturated rings. The highest BCUT2D eigenvalue weighted by atomic mass is 35.5. The van der Waals surface area contributed by atoms with Crippen LogP contribution in [0.25, 0.3) is 0 Å². The van der Waals surface area contributed by atoms with Crippen molar-refractivity contribution in [2.24, 2.45) is 10.9 Å². The number of nitrogens with zero attached hydrogens (tertiary/aromatic N) is 2. The highest BCUT2D eigenvalue weighted by molar-refractivity contribution is 6.30. The van der Waals surface area contributed by atoms with E-state index in [9.17, 15) is 0 Å². The van der Waals surface area contributed by atoms with Gasteiger partial charge in [0.2, 0.25) is 0 Å². The van der Waals surface area contributed by atoms with Crippen LogP contribution in [0.5, 0.6) is 0 Å². The molecule has 0 bridgehead atoms. The second-order valence-electron chi connectivity index (χ2n) is 4.84. The molecular formula is C17H14ClN3O. The molecule has 0 unspecified atom stereocenters. The van der Waals surface area contributed by atoms with Crippen molar-refractivity contribution in [1.82, 2.24) is 5.16 Å². The molecule has 3 aromatic rings. The standard InChI is InChI=1S/C17H14ClN3O/c18-15-8-6-12(7-9-15)10-14-11-22-21-17(14)16(20-19)13-4-2-1-3-5-13/h1-9,11H,10,19H2/b20-16-. The third-order valence-corrected chi connectivity index (χ3v) is 3.60. The molecule has 22 heavy (non-hydrogen) atoms. The smallest absolute Gasteiger partial charge is 0.138 e. The first kappa shape index (κ1) is 14.4. The predicted octanol–water partition coefficient (Wildman–Crippen LogP) is 3.63. The SMILES string of the molecule is N/N=C(/c1ccccc1)c1nocc1Cc1ccc(Cl)cc1. The Bertz CT molecular complexity index is 779.